The standard InChI is InChI=1S/C26H34FN5O3/c1-16(2)20(12-21(28)18-6-8-19(27)9-7-18)24-29-14-22(30-24)25(34)31-10-11-32(17(3)15-31)23(33)13-26(4,5)35/h6-9,12,14,16-17,28,35H,10-11,13,15H2,1-5H3,(H,29,30)/p+1/b20-12-,28-21?/t17-/m0/s1. The van der Waals surface area contributed by atoms with E-state index >= 15 is 0 Å². The number of imidazole rings is 1. The average Bonchev–Trinajstić information content (AvgIpc) is 3.25. The number of halogens is 1. The van der Waals surface area contributed by atoms with E-state index in [2.05, 4.69) is 9.97 Å². The number of aromatic nitrogens is 2. The maximum Gasteiger partial charge on any atom is 0.272 e. The molecular weight excluding hydrogens is 449 g/mol. The Morgan fingerprint density at radius 1 is 1.29 bits per heavy atom. The minimum absolute atomic E-state index is 0.0393. The summed E-state index contributed by atoms with van der Waals surface area (Å²) in [7, 11) is 0. The number of nitrogens with zero attached hydrogens (tertiary/aromatic N) is 3. The van der Waals surface area contributed by atoms with E-state index in [1.54, 1.807) is 41.9 Å². The van der Waals surface area contributed by atoms with Crippen molar-refractivity contribution in [2.75, 3.05) is 19.6 Å². The van der Waals surface area contributed by atoms with Crippen molar-refractivity contribution in [3.8, 4) is 0 Å². The minimum Gasteiger partial charge on any atom is -0.390 e. The third-order valence-corrected chi connectivity index (χ3v) is 6.01. The Hall–Kier alpha value is -3.33. The lowest BCUT2D eigenvalue weighted by Crippen LogP contribution is -2.56. The third-order valence-electron chi connectivity index (χ3n) is 6.01. The van der Waals surface area contributed by atoms with Gasteiger partial charge in [-0.15, -0.1) is 0 Å². The maximum absolute atomic E-state index is 13.2. The zero-order valence-electron chi connectivity index (χ0n) is 21.0. The molecule has 0 radical (unpaired) electrons. The van der Waals surface area contributed by atoms with Crippen molar-refractivity contribution in [2.45, 2.75) is 52.7 Å². The van der Waals surface area contributed by atoms with Crippen molar-refractivity contribution >= 4 is 23.1 Å². The Morgan fingerprint density at radius 2 is 1.94 bits per heavy atom. The number of benzene rings is 1. The number of piperazine rings is 1. The van der Waals surface area contributed by atoms with Crippen LogP contribution >= 0.6 is 0 Å². The molecule has 0 aliphatic carbocycles. The van der Waals surface area contributed by atoms with Gasteiger partial charge in [0.25, 0.3) is 5.91 Å². The van der Waals surface area contributed by atoms with Gasteiger partial charge in [-0.1, -0.05) is 13.8 Å². The molecule has 2 heterocycles. The monoisotopic (exact) mass is 484 g/mol. The van der Waals surface area contributed by atoms with Crippen LogP contribution in [0.5, 0.6) is 0 Å². The summed E-state index contributed by atoms with van der Waals surface area (Å²) in [5.74, 6) is -0.0409. The fourth-order valence-corrected chi connectivity index (χ4v) is 4.13. The van der Waals surface area contributed by atoms with Crippen molar-refractivity contribution in [3.63, 3.8) is 0 Å². The summed E-state index contributed by atoms with van der Waals surface area (Å²) in [5.41, 5.74) is 1.27. The predicted molar refractivity (Wildman–Crippen MR) is 132 cm³/mol. The molecule has 0 bridgehead atoms. The van der Waals surface area contributed by atoms with Crippen LogP contribution in [0.25, 0.3) is 5.57 Å². The third kappa shape index (κ3) is 6.63. The van der Waals surface area contributed by atoms with E-state index in [-0.39, 0.29) is 36.0 Å². The first kappa shape index (κ1) is 26.3. The summed E-state index contributed by atoms with van der Waals surface area (Å²) in [6.07, 6.45) is 3.34. The highest BCUT2D eigenvalue weighted by atomic mass is 19.1. The lowest BCUT2D eigenvalue weighted by molar-refractivity contribution is -0.139. The second-order valence-electron chi connectivity index (χ2n) is 10.0. The highest BCUT2D eigenvalue weighted by molar-refractivity contribution is 6.08. The molecule has 188 valence electrons. The van der Waals surface area contributed by atoms with E-state index in [0.717, 1.165) is 5.57 Å². The van der Waals surface area contributed by atoms with Crippen LogP contribution in [-0.4, -0.2) is 73.7 Å². The van der Waals surface area contributed by atoms with Gasteiger partial charge in [-0.05, 0) is 51.0 Å². The van der Waals surface area contributed by atoms with Crippen molar-refractivity contribution < 1.29 is 24.5 Å². The SMILES string of the molecule is CC(C)/C(=C/C(=[NH2+])c1ccc(F)cc1)c1ncc(C(=O)N2CCN(C(=O)CC(C)(C)O)[C@@H](C)C2)[nH]1. The normalized spacial score (nSPS) is 17.1. The zero-order chi connectivity index (χ0) is 25.9. The van der Waals surface area contributed by atoms with Crippen LogP contribution in [0, 0.1) is 11.7 Å². The fraction of sp³-hybridized carbons (Fsp3) is 0.462. The van der Waals surface area contributed by atoms with Crippen molar-refractivity contribution in [1.29, 1.82) is 0 Å². The van der Waals surface area contributed by atoms with Crippen LogP contribution in [-0.2, 0) is 4.79 Å². The molecule has 1 atom stereocenters. The summed E-state index contributed by atoms with van der Waals surface area (Å²) < 4.78 is 13.2. The van der Waals surface area contributed by atoms with Crippen molar-refractivity contribution in [2.24, 2.45) is 5.92 Å². The molecule has 2 aromatic rings. The van der Waals surface area contributed by atoms with E-state index in [9.17, 15) is 19.1 Å². The Morgan fingerprint density at radius 3 is 2.51 bits per heavy atom. The molecule has 1 fully saturated rings. The maximum atomic E-state index is 13.2. The van der Waals surface area contributed by atoms with Crippen LogP contribution < -0.4 is 5.41 Å². The average molecular weight is 485 g/mol. The van der Waals surface area contributed by atoms with Crippen molar-refractivity contribution in [3.05, 3.63) is 59.4 Å². The molecule has 4 N–H and O–H groups in total. The van der Waals surface area contributed by atoms with Gasteiger partial charge < -0.3 is 19.9 Å². The number of rotatable bonds is 7. The van der Waals surface area contributed by atoms with Gasteiger partial charge in [0.15, 0.2) is 0 Å². The van der Waals surface area contributed by atoms with Crippen LogP contribution in [0.3, 0.4) is 0 Å². The summed E-state index contributed by atoms with van der Waals surface area (Å²) in [4.78, 5) is 36.7. The first-order valence-corrected chi connectivity index (χ1v) is 11.8. The summed E-state index contributed by atoms with van der Waals surface area (Å²) in [5, 5.41) is 16.2. The van der Waals surface area contributed by atoms with Crippen LogP contribution in [0.15, 0.2) is 36.5 Å². The first-order valence-electron chi connectivity index (χ1n) is 11.8. The second kappa shape index (κ2) is 10.5. The smallest absolute Gasteiger partial charge is 0.272 e. The number of aromatic amines is 1. The molecular formula is C26H35FN5O3+. The molecule has 1 aromatic carbocycles. The van der Waals surface area contributed by atoms with Gasteiger partial charge >= 0.3 is 0 Å². The van der Waals surface area contributed by atoms with Crippen LogP contribution in [0.2, 0.25) is 0 Å². The van der Waals surface area contributed by atoms with Gasteiger partial charge in [0.1, 0.15) is 17.3 Å². The molecule has 1 aliphatic rings. The number of carbonyl (C=O) groups is 2. The number of hydrogen-bond donors (Lipinski definition) is 3. The van der Waals surface area contributed by atoms with E-state index in [0.29, 0.717) is 42.4 Å². The van der Waals surface area contributed by atoms with Gasteiger partial charge in [0.05, 0.1) is 18.2 Å². The highest BCUT2D eigenvalue weighted by Gasteiger charge is 2.32. The number of nitrogens with one attached hydrogen (secondary N) is 1. The van der Waals surface area contributed by atoms with E-state index in [1.807, 2.05) is 20.8 Å². The zero-order valence-corrected chi connectivity index (χ0v) is 21.0. The fourth-order valence-electron chi connectivity index (χ4n) is 4.13. The van der Waals surface area contributed by atoms with Gasteiger partial charge in [-0.25, -0.2) is 9.37 Å². The summed E-state index contributed by atoms with van der Waals surface area (Å²) >= 11 is 0. The van der Waals surface area contributed by atoms with Crippen molar-refractivity contribution in [1.82, 2.24) is 19.8 Å². The molecule has 3 rings (SSSR count). The Labute approximate surface area is 205 Å². The topological polar surface area (TPSA) is 115 Å². The Balaban J connectivity index is 1.72. The number of aliphatic hydroxyl groups is 1. The number of H-pyrrole nitrogens is 1. The second-order valence-corrected chi connectivity index (χ2v) is 10.0. The van der Waals surface area contributed by atoms with Gasteiger partial charge in [0.2, 0.25) is 11.6 Å². The number of allylic oxidation sites excluding steroid dienone is 2. The number of amides is 2. The summed E-state index contributed by atoms with van der Waals surface area (Å²) in [6, 6.07) is 5.77. The molecule has 1 aliphatic heterocycles. The van der Waals surface area contributed by atoms with Gasteiger partial charge in [-0.3, -0.25) is 15.0 Å². The molecule has 1 aromatic heterocycles. The lowest BCUT2D eigenvalue weighted by Gasteiger charge is -2.40. The molecule has 0 unspecified atom stereocenters. The predicted octanol–water partition coefficient (Wildman–Crippen LogP) is 1.67. The van der Waals surface area contributed by atoms with Crippen LogP contribution in [0.1, 0.15) is 62.9 Å². The van der Waals surface area contributed by atoms with E-state index in [4.69, 9.17) is 5.41 Å². The number of hydrogen-bond acceptors (Lipinski definition) is 4. The molecule has 9 heteroatoms. The molecule has 35 heavy (non-hydrogen) atoms. The minimum atomic E-state index is -1.07. The number of nitrogens with two attached hydrogens (primary N) is 1. The molecule has 2 amide bonds. The summed E-state index contributed by atoms with van der Waals surface area (Å²) in [6.45, 7) is 10.3. The molecule has 0 saturated carbocycles. The van der Waals surface area contributed by atoms with Gasteiger partial charge in [-0.2, -0.15) is 0 Å². The van der Waals surface area contributed by atoms with Crippen LogP contribution in [0.4, 0.5) is 4.39 Å². The molecule has 1 saturated heterocycles. The quantitative estimate of drug-likeness (QED) is 0.519. The highest BCUT2D eigenvalue weighted by Crippen LogP contribution is 2.23. The van der Waals surface area contributed by atoms with E-state index in [1.165, 1.54) is 18.3 Å². The first-order chi connectivity index (χ1) is 16.4. The number of carbonyl (C=O) groups excluding carboxylic acids is 2. The molecule has 0 spiro atoms. The molecule has 8 nitrogen and oxygen atoms in total. The van der Waals surface area contributed by atoms with Gasteiger partial charge in [0, 0.05) is 42.9 Å². The van der Waals surface area contributed by atoms with E-state index < -0.39 is 5.60 Å². The Kier molecular flexibility index (Phi) is 7.90. The Bertz CT molecular complexity index is 1110. The lowest BCUT2D eigenvalue weighted by atomic mass is 9.98. The largest absolute Gasteiger partial charge is 0.390 e.